The van der Waals surface area contributed by atoms with Gasteiger partial charge in [-0.2, -0.15) is 0 Å². The van der Waals surface area contributed by atoms with E-state index in [4.69, 9.17) is 14.7 Å². The van der Waals surface area contributed by atoms with Crippen LogP contribution in [0.2, 0.25) is 0 Å². The Balaban J connectivity index is 1.68. The Morgan fingerprint density at radius 3 is 2.39 bits per heavy atom. The SMILES string of the molecule is CCOc1ccc2nc(Cc3nc(C)cc(-c4ccccc4)n3)nc(C)c2c1. The highest BCUT2D eigenvalue weighted by molar-refractivity contribution is 5.82. The minimum atomic E-state index is 0.492. The van der Waals surface area contributed by atoms with E-state index in [9.17, 15) is 0 Å². The molecule has 0 amide bonds. The molecule has 0 atom stereocenters. The third-order valence-corrected chi connectivity index (χ3v) is 4.50. The number of benzene rings is 2. The Bertz CT molecular complexity index is 1130. The number of nitrogens with zero attached hydrogens (tertiary/aromatic N) is 4. The van der Waals surface area contributed by atoms with E-state index in [1.807, 2.05) is 63.2 Å². The summed E-state index contributed by atoms with van der Waals surface area (Å²) >= 11 is 0. The van der Waals surface area contributed by atoms with Crippen molar-refractivity contribution in [3.05, 3.63) is 77.6 Å². The van der Waals surface area contributed by atoms with Crippen LogP contribution >= 0.6 is 0 Å². The first-order valence-corrected chi connectivity index (χ1v) is 9.42. The van der Waals surface area contributed by atoms with Gasteiger partial charge in [0, 0.05) is 22.3 Å². The maximum absolute atomic E-state index is 5.59. The van der Waals surface area contributed by atoms with Crippen LogP contribution in [0, 0.1) is 13.8 Å². The Morgan fingerprint density at radius 1 is 0.821 bits per heavy atom. The highest BCUT2D eigenvalue weighted by atomic mass is 16.5. The molecule has 0 saturated carbocycles. The van der Waals surface area contributed by atoms with Crippen molar-refractivity contribution in [2.45, 2.75) is 27.2 Å². The second kappa shape index (κ2) is 7.72. The number of ether oxygens (including phenoxy) is 1. The molecule has 28 heavy (non-hydrogen) atoms. The molecule has 0 aliphatic carbocycles. The van der Waals surface area contributed by atoms with Crippen molar-refractivity contribution in [2.75, 3.05) is 6.61 Å². The zero-order valence-electron chi connectivity index (χ0n) is 16.3. The molecule has 140 valence electrons. The van der Waals surface area contributed by atoms with E-state index in [1.165, 1.54) is 0 Å². The van der Waals surface area contributed by atoms with E-state index >= 15 is 0 Å². The fraction of sp³-hybridized carbons (Fsp3) is 0.217. The highest BCUT2D eigenvalue weighted by Crippen LogP contribution is 2.23. The number of aromatic nitrogens is 4. The van der Waals surface area contributed by atoms with E-state index in [2.05, 4.69) is 22.1 Å². The van der Waals surface area contributed by atoms with Gasteiger partial charge >= 0.3 is 0 Å². The molecular weight excluding hydrogens is 348 g/mol. The minimum Gasteiger partial charge on any atom is -0.494 e. The van der Waals surface area contributed by atoms with Crippen LogP contribution in [0.25, 0.3) is 22.2 Å². The summed E-state index contributed by atoms with van der Waals surface area (Å²) in [7, 11) is 0. The van der Waals surface area contributed by atoms with Gasteiger partial charge in [0.1, 0.15) is 17.4 Å². The average Bonchev–Trinajstić information content (AvgIpc) is 2.69. The standard InChI is InChI=1S/C23H22N4O/c1-4-28-18-10-11-20-19(13-18)16(3)25-23(26-20)14-22-24-15(2)12-21(27-22)17-8-6-5-7-9-17/h5-13H,4,14H2,1-3H3. The molecule has 2 aromatic carbocycles. The monoisotopic (exact) mass is 370 g/mol. The van der Waals surface area contributed by atoms with Gasteiger partial charge in [0.05, 0.1) is 24.2 Å². The molecule has 0 N–H and O–H groups in total. The number of hydrogen-bond donors (Lipinski definition) is 0. The van der Waals surface area contributed by atoms with Gasteiger partial charge in [0.15, 0.2) is 0 Å². The number of fused-ring (bicyclic) bond motifs is 1. The lowest BCUT2D eigenvalue weighted by Gasteiger charge is -2.09. The van der Waals surface area contributed by atoms with Gasteiger partial charge in [-0.1, -0.05) is 30.3 Å². The maximum atomic E-state index is 5.59. The van der Waals surface area contributed by atoms with Gasteiger partial charge in [-0.15, -0.1) is 0 Å². The molecule has 2 aromatic heterocycles. The van der Waals surface area contributed by atoms with Crippen LogP contribution in [0.5, 0.6) is 5.75 Å². The Morgan fingerprint density at radius 2 is 1.61 bits per heavy atom. The largest absolute Gasteiger partial charge is 0.494 e. The number of aryl methyl sites for hydroxylation is 2. The van der Waals surface area contributed by atoms with Crippen molar-refractivity contribution in [1.29, 1.82) is 0 Å². The summed E-state index contributed by atoms with van der Waals surface area (Å²) in [4.78, 5) is 18.7. The van der Waals surface area contributed by atoms with Gasteiger partial charge < -0.3 is 4.74 Å². The maximum Gasteiger partial charge on any atom is 0.136 e. The van der Waals surface area contributed by atoms with Crippen LogP contribution in [0.15, 0.2) is 54.6 Å². The van der Waals surface area contributed by atoms with Crippen LogP contribution in [-0.2, 0) is 6.42 Å². The first-order chi connectivity index (χ1) is 13.6. The first kappa shape index (κ1) is 18.0. The summed E-state index contributed by atoms with van der Waals surface area (Å²) in [5, 5.41) is 1.00. The first-order valence-electron chi connectivity index (χ1n) is 9.42. The van der Waals surface area contributed by atoms with E-state index in [0.29, 0.717) is 13.0 Å². The second-order valence-corrected chi connectivity index (χ2v) is 6.69. The van der Waals surface area contributed by atoms with E-state index in [1.54, 1.807) is 0 Å². The smallest absolute Gasteiger partial charge is 0.136 e. The fourth-order valence-corrected chi connectivity index (χ4v) is 3.26. The molecule has 0 aliphatic rings. The average molecular weight is 370 g/mol. The van der Waals surface area contributed by atoms with Crippen molar-refractivity contribution >= 4 is 10.9 Å². The summed E-state index contributed by atoms with van der Waals surface area (Å²) in [5.41, 5.74) is 4.76. The molecule has 5 heteroatoms. The lowest BCUT2D eigenvalue weighted by atomic mass is 10.1. The molecular formula is C23H22N4O. The van der Waals surface area contributed by atoms with Gasteiger partial charge in [0.2, 0.25) is 0 Å². The van der Waals surface area contributed by atoms with Crippen LogP contribution in [0.1, 0.15) is 30.0 Å². The number of hydrogen-bond acceptors (Lipinski definition) is 5. The predicted octanol–water partition coefficient (Wildman–Crippen LogP) is 4.69. The minimum absolute atomic E-state index is 0.492. The number of rotatable bonds is 5. The summed E-state index contributed by atoms with van der Waals surface area (Å²) in [6, 6.07) is 18.0. The van der Waals surface area contributed by atoms with E-state index < -0.39 is 0 Å². The van der Waals surface area contributed by atoms with Crippen LogP contribution < -0.4 is 4.74 Å². The van der Waals surface area contributed by atoms with Crippen LogP contribution in [-0.4, -0.2) is 26.5 Å². The quantitative estimate of drug-likeness (QED) is 0.510. The summed E-state index contributed by atoms with van der Waals surface area (Å²) in [6.07, 6.45) is 0.492. The third kappa shape index (κ3) is 3.83. The van der Waals surface area contributed by atoms with Crippen molar-refractivity contribution in [1.82, 2.24) is 19.9 Å². The Labute approximate surface area is 164 Å². The molecule has 4 aromatic rings. The van der Waals surface area contributed by atoms with E-state index in [0.717, 1.165) is 50.9 Å². The molecule has 0 saturated heterocycles. The normalized spacial score (nSPS) is 11.0. The summed E-state index contributed by atoms with van der Waals surface area (Å²) in [6.45, 7) is 6.59. The second-order valence-electron chi connectivity index (χ2n) is 6.69. The zero-order valence-corrected chi connectivity index (χ0v) is 16.3. The van der Waals surface area contributed by atoms with Gasteiger partial charge in [-0.3, -0.25) is 0 Å². The van der Waals surface area contributed by atoms with Crippen LogP contribution in [0.4, 0.5) is 0 Å². The van der Waals surface area contributed by atoms with Gasteiger partial charge in [-0.05, 0) is 45.0 Å². The summed E-state index contributed by atoms with van der Waals surface area (Å²) < 4.78 is 5.59. The summed E-state index contributed by atoms with van der Waals surface area (Å²) in [5.74, 6) is 2.28. The molecule has 0 spiro atoms. The van der Waals surface area contributed by atoms with Gasteiger partial charge in [-0.25, -0.2) is 19.9 Å². The van der Waals surface area contributed by atoms with Crippen molar-refractivity contribution < 1.29 is 4.74 Å². The molecule has 2 heterocycles. The fourth-order valence-electron chi connectivity index (χ4n) is 3.26. The van der Waals surface area contributed by atoms with Crippen LogP contribution in [0.3, 0.4) is 0 Å². The highest BCUT2D eigenvalue weighted by Gasteiger charge is 2.10. The Hall–Kier alpha value is -3.34. The third-order valence-electron chi connectivity index (χ3n) is 4.50. The van der Waals surface area contributed by atoms with Gasteiger partial charge in [0.25, 0.3) is 0 Å². The van der Waals surface area contributed by atoms with E-state index in [-0.39, 0.29) is 0 Å². The molecule has 0 fully saturated rings. The molecule has 0 unspecified atom stereocenters. The van der Waals surface area contributed by atoms with Crippen molar-refractivity contribution in [2.24, 2.45) is 0 Å². The molecule has 4 rings (SSSR count). The molecule has 0 radical (unpaired) electrons. The lowest BCUT2D eigenvalue weighted by Crippen LogP contribution is -2.05. The predicted molar refractivity (Wildman–Crippen MR) is 110 cm³/mol. The molecule has 0 bridgehead atoms. The lowest BCUT2D eigenvalue weighted by molar-refractivity contribution is 0.340. The van der Waals surface area contributed by atoms with Crippen molar-refractivity contribution in [3.8, 4) is 17.0 Å². The molecule has 0 aliphatic heterocycles. The topological polar surface area (TPSA) is 60.8 Å². The Kier molecular flexibility index (Phi) is 4.98. The molecule has 5 nitrogen and oxygen atoms in total. The zero-order chi connectivity index (χ0) is 19.5. The van der Waals surface area contributed by atoms with Crippen molar-refractivity contribution in [3.63, 3.8) is 0 Å².